The normalized spacial score (nSPS) is 27.2. The van der Waals surface area contributed by atoms with Crippen molar-refractivity contribution in [1.29, 1.82) is 0 Å². The second-order valence-electron chi connectivity index (χ2n) is 8.51. The van der Waals surface area contributed by atoms with Crippen molar-refractivity contribution >= 4 is 23.2 Å². The van der Waals surface area contributed by atoms with Crippen LogP contribution >= 0.6 is 11.3 Å². The van der Waals surface area contributed by atoms with E-state index in [0.717, 1.165) is 30.6 Å². The summed E-state index contributed by atoms with van der Waals surface area (Å²) in [5, 5.41) is 16.2. The molecule has 2 amide bonds. The summed E-state index contributed by atoms with van der Waals surface area (Å²) in [6, 6.07) is 8.47. The van der Waals surface area contributed by atoms with Gasteiger partial charge in [0.2, 0.25) is 5.91 Å². The van der Waals surface area contributed by atoms with Crippen LogP contribution in [0.3, 0.4) is 0 Å². The highest BCUT2D eigenvalue weighted by Crippen LogP contribution is 2.40. The maximum atomic E-state index is 14.4. The smallest absolute Gasteiger partial charge is 0.257 e. The molecule has 1 saturated heterocycles. The summed E-state index contributed by atoms with van der Waals surface area (Å²) in [6.45, 7) is 1.98. The standard InChI is InChI=1S/C23H27FN2O3S/c1-23(29)12-13-26(22(28)16-9-4-5-10-17(16)24)19(18-11-6-14-30-18)20(23)25-21(27)15-7-2-3-8-15/h4-6,9-11,14-15,19-20,29H,2-3,7-8,12-13H2,1H3,(H,25,27). The van der Waals surface area contributed by atoms with E-state index in [1.165, 1.54) is 23.5 Å². The summed E-state index contributed by atoms with van der Waals surface area (Å²) >= 11 is 1.46. The number of thiophene rings is 1. The van der Waals surface area contributed by atoms with Gasteiger partial charge in [0.1, 0.15) is 5.82 Å². The van der Waals surface area contributed by atoms with E-state index in [9.17, 15) is 19.1 Å². The number of carbonyl (C=O) groups excluding carboxylic acids is 2. The molecule has 2 aliphatic rings. The van der Waals surface area contributed by atoms with Gasteiger partial charge in [-0.2, -0.15) is 0 Å². The van der Waals surface area contributed by atoms with Crippen LogP contribution in [0.25, 0.3) is 0 Å². The summed E-state index contributed by atoms with van der Waals surface area (Å²) in [6.07, 6.45) is 4.06. The topological polar surface area (TPSA) is 69.6 Å². The van der Waals surface area contributed by atoms with Gasteiger partial charge in [0.25, 0.3) is 5.91 Å². The predicted molar refractivity (Wildman–Crippen MR) is 114 cm³/mol. The number of benzene rings is 1. The zero-order chi connectivity index (χ0) is 21.3. The van der Waals surface area contributed by atoms with Crippen molar-refractivity contribution in [3.8, 4) is 0 Å². The lowest BCUT2D eigenvalue weighted by molar-refractivity contribution is -0.131. The molecule has 0 spiro atoms. The van der Waals surface area contributed by atoms with Crippen molar-refractivity contribution in [1.82, 2.24) is 10.2 Å². The van der Waals surface area contributed by atoms with Crippen molar-refractivity contribution < 1.29 is 19.1 Å². The first-order valence-electron chi connectivity index (χ1n) is 10.5. The van der Waals surface area contributed by atoms with Crippen molar-refractivity contribution in [2.75, 3.05) is 6.54 Å². The van der Waals surface area contributed by atoms with E-state index in [-0.39, 0.29) is 23.9 Å². The molecule has 1 aliphatic carbocycles. The maximum absolute atomic E-state index is 14.4. The number of piperidine rings is 1. The average Bonchev–Trinajstić information content (AvgIpc) is 3.43. The van der Waals surface area contributed by atoms with Gasteiger partial charge in [-0.3, -0.25) is 9.59 Å². The number of halogens is 1. The van der Waals surface area contributed by atoms with E-state index < -0.39 is 29.4 Å². The van der Waals surface area contributed by atoms with Gasteiger partial charge < -0.3 is 15.3 Å². The summed E-state index contributed by atoms with van der Waals surface area (Å²) in [7, 11) is 0. The molecule has 30 heavy (non-hydrogen) atoms. The van der Waals surface area contributed by atoms with Gasteiger partial charge in [-0.25, -0.2) is 4.39 Å². The van der Waals surface area contributed by atoms with Crippen molar-refractivity contribution in [3.05, 3.63) is 58.0 Å². The number of nitrogens with one attached hydrogen (secondary N) is 1. The van der Waals surface area contributed by atoms with E-state index in [4.69, 9.17) is 0 Å². The molecule has 1 saturated carbocycles. The Morgan fingerprint density at radius 2 is 1.93 bits per heavy atom. The number of likely N-dealkylation sites (tertiary alicyclic amines) is 1. The number of carbonyl (C=O) groups is 2. The lowest BCUT2D eigenvalue weighted by atomic mass is 9.81. The Hall–Kier alpha value is -2.25. The molecule has 2 fully saturated rings. The fourth-order valence-electron chi connectivity index (χ4n) is 4.65. The van der Waals surface area contributed by atoms with E-state index in [0.29, 0.717) is 6.42 Å². The summed E-state index contributed by atoms with van der Waals surface area (Å²) < 4.78 is 14.4. The van der Waals surface area contributed by atoms with Gasteiger partial charge in [0, 0.05) is 17.3 Å². The molecule has 2 aromatic rings. The Balaban J connectivity index is 1.69. The number of rotatable bonds is 4. The van der Waals surface area contributed by atoms with Crippen molar-refractivity contribution in [2.24, 2.45) is 5.92 Å². The molecule has 4 rings (SSSR count). The molecule has 1 aromatic heterocycles. The quantitative estimate of drug-likeness (QED) is 0.773. The summed E-state index contributed by atoms with van der Waals surface area (Å²) in [4.78, 5) is 28.7. The van der Waals surface area contributed by atoms with Crippen LogP contribution in [0.5, 0.6) is 0 Å². The van der Waals surface area contributed by atoms with Gasteiger partial charge in [0.15, 0.2) is 0 Å². The highest BCUT2D eigenvalue weighted by atomic mass is 32.1. The second kappa shape index (κ2) is 8.47. The van der Waals surface area contributed by atoms with Gasteiger partial charge in [-0.15, -0.1) is 11.3 Å². The number of nitrogens with zero attached hydrogens (tertiary/aromatic N) is 1. The van der Waals surface area contributed by atoms with Gasteiger partial charge in [0.05, 0.1) is 23.2 Å². The van der Waals surface area contributed by atoms with Gasteiger partial charge >= 0.3 is 0 Å². The first-order valence-corrected chi connectivity index (χ1v) is 11.4. The predicted octanol–water partition coefficient (Wildman–Crippen LogP) is 3.90. The fourth-order valence-corrected chi connectivity index (χ4v) is 5.52. The Morgan fingerprint density at radius 3 is 2.60 bits per heavy atom. The second-order valence-corrected chi connectivity index (χ2v) is 9.49. The van der Waals surface area contributed by atoms with Gasteiger partial charge in [-0.1, -0.05) is 31.0 Å². The van der Waals surface area contributed by atoms with E-state index in [2.05, 4.69) is 5.32 Å². The molecular formula is C23H27FN2O3S. The number of aliphatic hydroxyl groups is 1. The molecule has 160 valence electrons. The molecule has 3 unspecified atom stereocenters. The fraction of sp³-hybridized carbons (Fsp3) is 0.478. The third kappa shape index (κ3) is 4.01. The minimum atomic E-state index is -1.19. The average molecular weight is 431 g/mol. The zero-order valence-corrected chi connectivity index (χ0v) is 17.8. The maximum Gasteiger partial charge on any atom is 0.257 e. The van der Waals surface area contributed by atoms with Crippen LogP contribution in [-0.4, -0.2) is 40.0 Å². The Labute approximate surface area is 179 Å². The molecule has 1 aromatic carbocycles. The summed E-state index contributed by atoms with van der Waals surface area (Å²) in [5.41, 5.74) is -1.18. The summed E-state index contributed by atoms with van der Waals surface area (Å²) in [5.74, 6) is -1.12. The SMILES string of the molecule is CC1(O)CCN(C(=O)c2ccccc2F)C(c2cccs2)C1NC(=O)C1CCCC1. The highest BCUT2D eigenvalue weighted by molar-refractivity contribution is 7.10. The zero-order valence-electron chi connectivity index (χ0n) is 17.0. The van der Waals surface area contributed by atoms with Crippen LogP contribution in [0.2, 0.25) is 0 Å². The number of amides is 2. The molecule has 3 atom stereocenters. The van der Waals surface area contributed by atoms with Crippen molar-refractivity contribution in [3.63, 3.8) is 0 Å². The Bertz CT molecular complexity index is 909. The van der Waals surface area contributed by atoms with E-state index in [1.807, 2.05) is 17.5 Å². The molecule has 0 bridgehead atoms. The third-order valence-corrected chi connectivity index (χ3v) is 7.35. The largest absolute Gasteiger partial charge is 0.388 e. The van der Waals surface area contributed by atoms with Crippen molar-refractivity contribution in [2.45, 2.75) is 56.7 Å². The molecule has 2 heterocycles. The van der Waals surface area contributed by atoms with Crippen LogP contribution in [0.1, 0.15) is 60.3 Å². The Morgan fingerprint density at radius 1 is 1.20 bits per heavy atom. The molecule has 0 radical (unpaired) electrons. The first kappa shape index (κ1) is 21.0. The monoisotopic (exact) mass is 430 g/mol. The lowest BCUT2D eigenvalue weighted by Crippen LogP contribution is -2.63. The molecular weight excluding hydrogens is 403 g/mol. The Kier molecular flexibility index (Phi) is 5.93. The minimum Gasteiger partial charge on any atom is -0.388 e. The van der Waals surface area contributed by atoms with Crippen LogP contribution in [0.15, 0.2) is 41.8 Å². The molecule has 2 N–H and O–H groups in total. The first-order chi connectivity index (χ1) is 14.4. The van der Waals surface area contributed by atoms with E-state index >= 15 is 0 Å². The lowest BCUT2D eigenvalue weighted by Gasteiger charge is -2.48. The van der Waals surface area contributed by atoms with E-state index in [1.54, 1.807) is 24.0 Å². The molecule has 5 nitrogen and oxygen atoms in total. The van der Waals surface area contributed by atoms with Crippen LogP contribution in [-0.2, 0) is 4.79 Å². The third-order valence-electron chi connectivity index (χ3n) is 6.40. The minimum absolute atomic E-state index is 0.00136. The molecule has 1 aliphatic heterocycles. The number of hydrogen-bond acceptors (Lipinski definition) is 4. The van der Waals surface area contributed by atoms with Gasteiger partial charge in [-0.05, 0) is 49.8 Å². The number of hydrogen-bond donors (Lipinski definition) is 2. The van der Waals surface area contributed by atoms with Crippen LogP contribution in [0.4, 0.5) is 4.39 Å². The highest BCUT2D eigenvalue weighted by Gasteiger charge is 2.49. The van der Waals surface area contributed by atoms with Crippen LogP contribution in [0, 0.1) is 11.7 Å². The van der Waals surface area contributed by atoms with Crippen LogP contribution < -0.4 is 5.32 Å². The molecule has 7 heteroatoms.